The average Bonchev–Trinajstić information content (AvgIpc) is 2.26. The van der Waals surface area contributed by atoms with Crippen LogP contribution >= 0.6 is 15.9 Å². The van der Waals surface area contributed by atoms with Gasteiger partial charge >= 0.3 is 0 Å². The van der Waals surface area contributed by atoms with Crippen molar-refractivity contribution in [3.05, 3.63) is 69.5 Å². The lowest BCUT2D eigenvalue weighted by atomic mass is 9.91. The van der Waals surface area contributed by atoms with Gasteiger partial charge in [-0.1, -0.05) is 34.1 Å². The van der Waals surface area contributed by atoms with Crippen molar-refractivity contribution in [3.63, 3.8) is 0 Å². The van der Waals surface area contributed by atoms with Gasteiger partial charge in [-0.2, -0.15) is 0 Å². The number of benzene rings is 2. The van der Waals surface area contributed by atoms with Crippen LogP contribution in [0.1, 0.15) is 38.2 Å². The summed E-state index contributed by atoms with van der Waals surface area (Å²) in [6, 6.07) is 9.50. The summed E-state index contributed by atoms with van der Waals surface area (Å²) in [4.78, 5) is 0.106. The zero-order chi connectivity index (χ0) is 14.2. The lowest BCUT2D eigenvalue weighted by molar-refractivity contribution is 0.624. The van der Waals surface area contributed by atoms with Gasteiger partial charge in [-0.25, -0.2) is 4.39 Å². The van der Waals surface area contributed by atoms with Gasteiger partial charge in [0, 0.05) is 0 Å². The summed E-state index contributed by atoms with van der Waals surface area (Å²) in [5.41, 5.74) is 6.93. The van der Waals surface area contributed by atoms with Crippen molar-refractivity contribution in [3.8, 4) is 0 Å². The van der Waals surface area contributed by atoms with Crippen LogP contribution in [0.25, 0.3) is 0 Å². The largest absolute Gasteiger partial charge is 0.207 e. The highest BCUT2D eigenvalue weighted by atomic mass is 79.9. The second-order valence-electron chi connectivity index (χ2n) is 5.12. The first-order chi connectivity index (χ1) is 8.91. The third-order valence-corrected chi connectivity index (χ3v) is 4.52. The smallest absolute Gasteiger partial charge is 0.123 e. The summed E-state index contributed by atoms with van der Waals surface area (Å²) >= 11 is 3.80. The van der Waals surface area contributed by atoms with E-state index in [-0.39, 0.29) is 10.6 Å². The Labute approximate surface area is 122 Å². The summed E-state index contributed by atoms with van der Waals surface area (Å²) in [6.45, 7) is 8.16. The molecular weight excluding hydrogens is 303 g/mol. The van der Waals surface area contributed by atoms with E-state index in [1.807, 2.05) is 13.8 Å². The van der Waals surface area contributed by atoms with Gasteiger partial charge in [-0.3, -0.25) is 0 Å². The third kappa shape index (κ3) is 2.74. The Hall–Kier alpha value is -1.15. The predicted molar refractivity (Wildman–Crippen MR) is 82.6 cm³/mol. The van der Waals surface area contributed by atoms with Gasteiger partial charge in [0.15, 0.2) is 0 Å². The van der Waals surface area contributed by atoms with E-state index >= 15 is 0 Å². The molecule has 0 aliphatic heterocycles. The second kappa shape index (κ2) is 5.46. The van der Waals surface area contributed by atoms with Gasteiger partial charge in [0.1, 0.15) is 5.82 Å². The molecule has 0 fully saturated rings. The normalized spacial score (nSPS) is 12.5. The van der Waals surface area contributed by atoms with Crippen molar-refractivity contribution in [2.45, 2.75) is 32.5 Å². The fourth-order valence-electron chi connectivity index (χ4n) is 2.69. The lowest BCUT2D eigenvalue weighted by Gasteiger charge is -2.20. The number of aryl methyl sites for hydroxylation is 4. The molecule has 0 aromatic heterocycles. The molecule has 0 bridgehead atoms. The molecular formula is C17H18BrF. The molecule has 0 aliphatic rings. The standard InChI is InChI=1S/C17H18BrF/c1-10-6-5-7-11(2)15(10)17(18)16-12(3)8-14(19)9-13(16)4/h5-9,17H,1-4H3. The zero-order valence-corrected chi connectivity index (χ0v) is 13.3. The summed E-state index contributed by atoms with van der Waals surface area (Å²) in [6.07, 6.45) is 0. The molecule has 0 nitrogen and oxygen atoms in total. The molecule has 0 saturated heterocycles. The first-order valence-electron chi connectivity index (χ1n) is 6.38. The van der Waals surface area contributed by atoms with E-state index in [9.17, 15) is 4.39 Å². The minimum absolute atomic E-state index is 0.106. The van der Waals surface area contributed by atoms with E-state index in [0.29, 0.717) is 0 Å². The number of hydrogen-bond donors (Lipinski definition) is 0. The molecule has 0 N–H and O–H groups in total. The van der Waals surface area contributed by atoms with Crippen LogP contribution < -0.4 is 0 Å². The molecule has 2 rings (SSSR count). The molecule has 0 saturated carbocycles. The topological polar surface area (TPSA) is 0 Å². The van der Waals surface area contributed by atoms with Crippen LogP contribution in [-0.2, 0) is 0 Å². The van der Waals surface area contributed by atoms with Crippen molar-refractivity contribution in [1.82, 2.24) is 0 Å². The highest BCUT2D eigenvalue weighted by Crippen LogP contribution is 2.38. The molecule has 0 radical (unpaired) electrons. The van der Waals surface area contributed by atoms with Crippen LogP contribution in [0, 0.1) is 33.5 Å². The fourth-order valence-corrected chi connectivity index (χ4v) is 4.14. The van der Waals surface area contributed by atoms with Gasteiger partial charge in [0.05, 0.1) is 4.83 Å². The monoisotopic (exact) mass is 320 g/mol. The van der Waals surface area contributed by atoms with Crippen LogP contribution in [0.5, 0.6) is 0 Å². The molecule has 0 heterocycles. The predicted octanol–water partition coefficient (Wildman–Crippen LogP) is 5.54. The van der Waals surface area contributed by atoms with E-state index in [1.54, 1.807) is 12.1 Å². The van der Waals surface area contributed by atoms with Gasteiger partial charge < -0.3 is 0 Å². The second-order valence-corrected chi connectivity index (χ2v) is 6.04. The molecule has 1 atom stereocenters. The van der Waals surface area contributed by atoms with Crippen LogP contribution in [0.3, 0.4) is 0 Å². The van der Waals surface area contributed by atoms with Gasteiger partial charge in [0.2, 0.25) is 0 Å². The van der Waals surface area contributed by atoms with E-state index in [1.165, 1.54) is 22.3 Å². The highest BCUT2D eigenvalue weighted by Gasteiger charge is 2.19. The van der Waals surface area contributed by atoms with Crippen LogP contribution in [0.15, 0.2) is 30.3 Å². The molecule has 19 heavy (non-hydrogen) atoms. The maximum absolute atomic E-state index is 13.4. The average molecular weight is 321 g/mol. The van der Waals surface area contributed by atoms with Gasteiger partial charge in [-0.15, -0.1) is 0 Å². The van der Waals surface area contributed by atoms with Crippen molar-refractivity contribution in [2.75, 3.05) is 0 Å². The SMILES string of the molecule is Cc1cccc(C)c1C(Br)c1c(C)cc(F)cc1C. The molecule has 2 heteroatoms. The van der Waals surface area contributed by atoms with E-state index in [2.05, 4.69) is 48.0 Å². The van der Waals surface area contributed by atoms with Gasteiger partial charge in [0.25, 0.3) is 0 Å². The molecule has 2 aromatic carbocycles. The maximum Gasteiger partial charge on any atom is 0.123 e. The first-order valence-corrected chi connectivity index (χ1v) is 7.30. The lowest BCUT2D eigenvalue weighted by Crippen LogP contribution is -2.04. The maximum atomic E-state index is 13.4. The molecule has 0 amide bonds. The number of hydrogen-bond acceptors (Lipinski definition) is 0. The molecule has 0 spiro atoms. The van der Waals surface area contributed by atoms with Crippen molar-refractivity contribution < 1.29 is 4.39 Å². The Morgan fingerprint density at radius 2 is 1.26 bits per heavy atom. The first kappa shape index (κ1) is 14.3. The minimum atomic E-state index is -0.167. The molecule has 1 unspecified atom stereocenters. The summed E-state index contributed by atoms with van der Waals surface area (Å²) in [5.74, 6) is -0.167. The van der Waals surface area contributed by atoms with Crippen molar-refractivity contribution in [2.24, 2.45) is 0 Å². The zero-order valence-electron chi connectivity index (χ0n) is 11.7. The Morgan fingerprint density at radius 1 is 0.842 bits per heavy atom. The minimum Gasteiger partial charge on any atom is -0.207 e. The van der Waals surface area contributed by atoms with Crippen LogP contribution in [-0.4, -0.2) is 0 Å². The molecule has 2 aromatic rings. The van der Waals surface area contributed by atoms with Crippen LogP contribution in [0.4, 0.5) is 4.39 Å². The van der Waals surface area contributed by atoms with Crippen molar-refractivity contribution >= 4 is 15.9 Å². The number of halogens is 2. The Morgan fingerprint density at radius 3 is 1.74 bits per heavy atom. The Kier molecular flexibility index (Phi) is 4.10. The Balaban J connectivity index is 2.60. The number of alkyl halides is 1. The highest BCUT2D eigenvalue weighted by molar-refractivity contribution is 9.09. The summed E-state index contributed by atoms with van der Waals surface area (Å²) in [5, 5.41) is 0. The fraction of sp³-hybridized carbons (Fsp3) is 0.294. The third-order valence-electron chi connectivity index (χ3n) is 3.61. The van der Waals surface area contributed by atoms with E-state index < -0.39 is 0 Å². The quantitative estimate of drug-likeness (QED) is 0.637. The van der Waals surface area contributed by atoms with E-state index in [4.69, 9.17) is 0 Å². The van der Waals surface area contributed by atoms with Crippen molar-refractivity contribution in [1.29, 1.82) is 0 Å². The Bertz CT molecular complexity index is 573. The molecule has 100 valence electrons. The summed E-state index contributed by atoms with van der Waals surface area (Å²) in [7, 11) is 0. The molecule has 0 aliphatic carbocycles. The number of rotatable bonds is 2. The summed E-state index contributed by atoms with van der Waals surface area (Å²) < 4.78 is 13.4. The van der Waals surface area contributed by atoms with Gasteiger partial charge in [-0.05, 0) is 73.2 Å². The van der Waals surface area contributed by atoms with E-state index in [0.717, 1.165) is 11.1 Å². The van der Waals surface area contributed by atoms with Crippen LogP contribution in [0.2, 0.25) is 0 Å².